The summed E-state index contributed by atoms with van der Waals surface area (Å²) in [5.74, 6) is 0.873. The summed E-state index contributed by atoms with van der Waals surface area (Å²) in [5, 5.41) is 4.26. The Morgan fingerprint density at radius 2 is 1.91 bits per heavy atom. The average molecular weight is 471 g/mol. The third-order valence-corrected chi connectivity index (χ3v) is 4.90. The van der Waals surface area contributed by atoms with Gasteiger partial charge >= 0.3 is 5.97 Å². The highest BCUT2D eigenvalue weighted by atomic mass is 16.6. The largest absolute Gasteiger partial charge is 0.491 e. The van der Waals surface area contributed by atoms with Crippen molar-refractivity contribution < 1.29 is 33.4 Å². The molecule has 0 aromatic heterocycles. The second-order valence-electron chi connectivity index (χ2n) is 7.94. The monoisotopic (exact) mass is 470 g/mol. The number of fused-ring (bicyclic) bond motifs is 1. The fraction of sp³-hybridized carbons (Fsp3) is 0.400. The van der Waals surface area contributed by atoms with Crippen molar-refractivity contribution in [1.29, 1.82) is 0 Å². The van der Waals surface area contributed by atoms with Crippen molar-refractivity contribution >= 4 is 23.3 Å². The normalized spacial score (nSPS) is 13.3. The van der Waals surface area contributed by atoms with E-state index in [4.69, 9.17) is 23.8 Å². The van der Waals surface area contributed by atoms with Gasteiger partial charge in [0, 0.05) is 18.7 Å². The van der Waals surface area contributed by atoms with Crippen LogP contribution in [0.4, 0.5) is 5.69 Å². The van der Waals surface area contributed by atoms with Crippen LogP contribution < -0.4 is 19.1 Å². The van der Waals surface area contributed by atoms with Crippen molar-refractivity contribution in [1.82, 2.24) is 0 Å². The van der Waals surface area contributed by atoms with Crippen LogP contribution >= 0.6 is 0 Å². The Morgan fingerprint density at radius 1 is 1.15 bits per heavy atom. The van der Waals surface area contributed by atoms with Gasteiger partial charge in [0.1, 0.15) is 36.2 Å². The van der Waals surface area contributed by atoms with Crippen LogP contribution in [-0.4, -0.2) is 57.7 Å². The third-order valence-electron chi connectivity index (χ3n) is 4.90. The van der Waals surface area contributed by atoms with E-state index in [1.807, 2.05) is 32.9 Å². The van der Waals surface area contributed by atoms with Crippen molar-refractivity contribution in [3.8, 4) is 17.2 Å². The molecule has 9 nitrogen and oxygen atoms in total. The molecular formula is C25H30N2O7. The summed E-state index contributed by atoms with van der Waals surface area (Å²) in [7, 11) is 3.01. The number of benzene rings is 2. The fourth-order valence-electron chi connectivity index (χ4n) is 3.21. The van der Waals surface area contributed by atoms with Crippen LogP contribution in [0, 0.1) is 0 Å². The zero-order valence-electron chi connectivity index (χ0n) is 20.1. The third kappa shape index (κ3) is 6.18. The van der Waals surface area contributed by atoms with E-state index in [1.165, 1.54) is 7.11 Å². The first-order chi connectivity index (χ1) is 16.3. The molecule has 0 N–H and O–H groups in total. The molecule has 0 radical (unpaired) electrons. The summed E-state index contributed by atoms with van der Waals surface area (Å²) in [6.07, 6.45) is 0.710. The van der Waals surface area contributed by atoms with Gasteiger partial charge in [0.2, 0.25) is 0 Å². The minimum absolute atomic E-state index is 0.00380. The van der Waals surface area contributed by atoms with Gasteiger partial charge in [-0.05, 0) is 50.6 Å². The van der Waals surface area contributed by atoms with Crippen molar-refractivity contribution in [3.05, 3.63) is 47.5 Å². The number of carbonyl (C=O) groups excluding carboxylic acids is 2. The summed E-state index contributed by atoms with van der Waals surface area (Å²) in [6, 6.07) is 10.3. The maximum atomic E-state index is 12.1. The number of carbonyl (C=O) groups is 2. The fourth-order valence-corrected chi connectivity index (χ4v) is 3.21. The Morgan fingerprint density at radius 3 is 2.62 bits per heavy atom. The van der Waals surface area contributed by atoms with E-state index in [0.717, 1.165) is 6.42 Å². The Labute approximate surface area is 199 Å². The van der Waals surface area contributed by atoms with Crippen molar-refractivity contribution in [3.63, 3.8) is 0 Å². The Hall–Kier alpha value is -3.75. The number of likely N-dealkylation sites (N-methyl/N-ethyl adjacent to an activating group) is 1. The van der Waals surface area contributed by atoms with Gasteiger partial charge in [-0.2, -0.15) is 0 Å². The highest BCUT2D eigenvalue weighted by Gasteiger charge is 2.23. The summed E-state index contributed by atoms with van der Waals surface area (Å²) in [4.78, 5) is 31.1. The molecule has 34 heavy (non-hydrogen) atoms. The standard InChI is InChI=1S/C25H30N2O7/c1-6-9-33-26-21(17-7-8-23-22(12-17)27(4)24(28)15-32-23)14-31-19-10-18(25(29)30-5)11-20(13-19)34-16(2)3/h7-8,10-13,16H,6,9,14-15H2,1-5H3/b26-21+. The molecule has 0 fully saturated rings. The second-order valence-corrected chi connectivity index (χ2v) is 7.94. The lowest BCUT2D eigenvalue weighted by Crippen LogP contribution is -2.35. The van der Waals surface area contributed by atoms with Gasteiger partial charge in [-0.1, -0.05) is 12.1 Å². The first-order valence-electron chi connectivity index (χ1n) is 11.1. The number of anilines is 1. The molecule has 1 heterocycles. The molecule has 2 aromatic rings. The molecule has 182 valence electrons. The van der Waals surface area contributed by atoms with Gasteiger partial charge in [-0.25, -0.2) is 4.79 Å². The lowest BCUT2D eigenvalue weighted by atomic mass is 10.1. The molecule has 1 amide bonds. The van der Waals surface area contributed by atoms with Crippen molar-refractivity contribution in [2.24, 2.45) is 5.16 Å². The quantitative estimate of drug-likeness (QED) is 0.225. The smallest absolute Gasteiger partial charge is 0.338 e. The predicted molar refractivity (Wildman–Crippen MR) is 127 cm³/mol. The number of hydrogen-bond donors (Lipinski definition) is 0. The average Bonchev–Trinajstić information content (AvgIpc) is 2.82. The number of methoxy groups -OCH3 is 1. The number of amides is 1. The molecule has 0 bridgehead atoms. The Bertz CT molecular complexity index is 1070. The van der Waals surface area contributed by atoms with Crippen LogP contribution in [-0.2, 0) is 14.4 Å². The summed E-state index contributed by atoms with van der Waals surface area (Å²) < 4.78 is 22.1. The maximum absolute atomic E-state index is 12.1. The summed E-state index contributed by atoms with van der Waals surface area (Å²) >= 11 is 0. The summed E-state index contributed by atoms with van der Waals surface area (Å²) in [6.45, 7) is 6.26. The Kier molecular flexibility index (Phi) is 8.34. The zero-order valence-corrected chi connectivity index (χ0v) is 20.1. The molecule has 3 rings (SSSR count). The van der Waals surface area contributed by atoms with E-state index in [-0.39, 0.29) is 25.2 Å². The minimum atomic E-state index is -0.499. The molecule has 2 aromatic carbocycles. The SMILES string of the molecule is CCCO/N=C(\COc1cc(OC(C)C)cc(C(=O)OC)c1)c1ccc2c(c1)N(C)C(=O)CO2. The van der Waals surface area contributed by atoms with Gasteiger partial charge < -0.3 is 28.7 Å². The second kappa shape index (κ2) is 11.4. The molecule has 1 aliphatic rings. The molecule has 9 heteroatoms. The van der Waals surface area contributed by atoms with E-state index >= 15 is 0 Å². The van der Waals surface area contributed by atoms with Gasteiger partial charge in [0.25, 0.3) is 5.91 Å². The molecule has 0 saturated heterocycles. The number of ether oxygens (including phenoxy) is 4. The van der Waals surface area contributed by atoms with E-state index in [0.29, 0.717) is 46.4 Å². The number of esters is 1. The lowest BCUT2D eigenvalue weighted by Gasteiger charge is -2.26. The Balaban J connectivity index is 1.89. The van der Waals surface area contributed by atoms with Crippen molar-refractivity contribution in [2.75, 3.05) is 38.9 Å². The molecular weight excluding hydrogens is 440 g/mol. The maximum Gasteiger partial charge on any atom is 0.338 e. The number of oxime groups is 1. The first-order valence-corrected chi connectivity index (χ1v) is 11.1. The molecule has 0 saturated carbocycles. The van der Waals surface area contributed by atoms with E-state index in [2.05, 4.69) is 5.16 Å². The number of rotatable bonds is 10. The zero-order chi connectivity index (χ0) is 24.7. The molecule has 0 spiro atoms. The van der Waals surface area contributed by atoms with Crippen LogP contribution in [0.5, 0.6) is 17.2 Å². The van der Waals surface area contributed by atoms with Crippen LogP contribution in [0.2, 0.25) is 0 Å². The van der Waals surface area contributed by atoms with E-state index < -0.39 is 5.97 Å². The van der Waals surface area contributed by atoms with Gasteiger partial charge in [-0.15, -0.1) is 0 Å². The highest BCUT2D eigenvalue weighted by Crippen LogP contribution is 2.32. The van der Waals surface area contributed by atoms with Crippen LogP contribution in [0.1, 0.15) is 43.1 Å². The van der Waals surface area contributed by atoms with Crippen LogP contribution in [0.3, 0.4) is 0 Å². The molecule has 0 atom stereocenters. The van der Waals surface area contributed by atoms with Crippen molar-refractivity contribution in [2.45, 2.75) is 33.3 Å². The van der Waals surface area contributed by atoms with Gasteiger partial charge in [0.15, 0.2) is 6.61 Å². The predicted octanol–water partition coefficient (Wildman–Crippen LogP) is 3.83. The lowest BCUT2D eigenvalue weighted by molar-refractivity contribution is -0.120. The molecule has 1 aliphatic heterocycles. The number of nitrogens with zero attached hydrogens (tertiary/aromatic N) is 2. The topological polar surface area (TPSA) is 95.9 Å². The highest BCUT2D eigenvalue weighted by molar-refractivity contribution is 6.04. The van der Waals surface area contributed by atoms with Gasteiger partial charge in [0.05, 0.1) is 24.5 Å². The van der Waals surface area contributed by atoms with Gasteiger partial charge in [-0.3, -0.25) is 4.79 Å². The van der Waals surface area contributed by atoms with Crippen LogP contribution in [0.15, 0.2) is 41.6 Å². The summed E-state index contributed by atoms with van der Waals surface area (Å²) in [5.41, 5.74) is 2.17. The van der Waals surface area contributed by atoms with E-state index in [9.17, 15) is 9.59 Å². The number of hydrogen-bond acceptors (Lipinski definition) is 8. The van der Waals surface area contributed by atoms with Crippen LogP contribution in [0.25, 0.3) is 0 Å². The molecule has 0 unspecified atom stereocenters. The van der Waals surface area contributed by atoms with E-state index in [1.54, 1.807) is 36.2 Å². The molecule has 0 aliphatic carbocycles. The first kappa shape index (κ1) is 24.9. The minimum Gasteiger partial charge on any atom is -0.491 e.